The topological polar surface area (TPSA) is 54.5 Å². The summed E-state index contributed by atoms with van der Waals surface area (Å²) in [6.45, 7) is 2.82. The molecule has 0 radical (unpaired) electrons. The summed E-state index contributed by atoms with van der Waals surface area (Å²) in [5.74, 6) is 0.554. The fourth-order valence-electron chi connectivity index (χ4n) is 1.99. The summed E-state index contributed by atoms with van der Waals surface area (Å²) in [4.78, 5) is 17.6. The second kappa shape index (κ2) is 5.03. The molecule has 1 unspecified atom stereocenters. The number of urea groups is 1. The molecule has 0 aromatic carbocycles. The van der Waals surface area contributed by atoms with Gasteiger partial charge in [0.1, 0.15) is 0 Å². The number of carbonyl (C=O) groups is 1. The molecule has 1 atom stereocenters. The van der Waals surface area contributed by atoms with E-state index in [1.165, 1.54) is 0 Å². The molecule has 2 heterocycles. The van der Waals surface area contributed by atoms with Crippen LogP contribution in [0, 0.1) is 0 Å². The van der Waals surface area contributed by atoms with Crippen molar-refractivity contribution < 1.29 is 9.53 Å². The van der Waals surface area contributed by atoms with Gasteiger partial charge in [-0.15, -0.1) is 0 Å². The van der Waals surface area contributed by atoms with Gasteiger partial charge in [-0.2, -0.15) is 0 Å². The second-order valence-electron chi connectivity index (χ2n) is 4.10. The van der Waals surface area contributed by atoms with Gasteiger partial charge in [0.2, 0.25) is 5.88 Å². The SMILES string of the molecule is CCCC1CN(c2ccc(OC)nc2)C(=O)N1. The number of aromatic nitrogens is 1. The molecule has 2 rings (SSSR count). The van der Waals surface area contributed by atoms with E-state index < -0.39 is 0 Å². The van der Waals surface area contributed by atoms with Gasteiger partial charge in [0.25, 0.3) is 0 Å². The van der Waals surface area contributed by atoms with Crippen LogP contribution in [0.3, 0.4) is 0 Å². The minimum atomic E-state index is -0.0459. The lowest BCUT2D eigenvalue weighted by Crippen LogP contribution is -2.28. The molecule has 1 fully saturated rings. The summed E-state index contributed by atoms with van der Waals surface area (Å²) in [6.07, 6.45) is 3.73. The molecule has 0 aliphatic carbocycles. The van der Waals surface area contributed by atoms with Crippen molar-refractivity contribution in [2.24, 2.45) is 0 Å². The lowest BCUT2D eigenvalue weighted by molar-refractivity contribution is 0.250. The van der Waals surface area contributed by atoms with Crippen LogP contribution in [0.2, 0.25) is 0 Å². The van der Waals surface area contributed by atoms with Gasteiger partial charge in [0.15, 0.2) is 0 Å². The molecular formula is C12H17N3O2. The second-order valence-corrected chi connectivity index (χ2v) is 4.10. The van der Waals surface area contributed by atoms with Crippen molar-refractivity contribution in [2.45, 2.75) is 25.8 Å². The Morgan fingerprint density at radius 2 is 2.41 bits per heavy atom. The van der Waals surface area contributed by atoms with Crippen LogP contribution in [0.4, 0.5) is 10.5 Å². The number of anilines is 1. The first kappa shape index (κ1) is 11.7. The fourth-order valence-corrected chi connectivity index (χ4v) is 1.99. The highest BCUT2D eigenvalue weighted by atomic mass is 16.5. The van der Waals surface area contributed by atoms with E-state index in [2.05, 4.69) is 17.2 Å². The first-order valence-electron chi connectivity index (χ1n) is 5.82. The normalized spacial score (nSPS) is 19.3. The minimum absolute atomic E-state index is 0.0459. The van der Waals surface area contributed by atoms with Crippen molar-refractivity contribution in [1.29, 1.82) is 0 Å². The van der Waals surface area contributed by atoms with Crippen LogP contribution in [-0.4, -0.2) is 30.7 Å². The summed E-state index contributed by atoms with van der Waals surface area (Å²) in [5.41, 5.74) is 0.807. The van der Waals surface area contributed by atoms with Gasteiger partial charge in [-0.05, 0) is 12.5 Å². The van der Waals surface area contributed by atoms with E-state index in [1.54, 1.807) is 24.3 Å². The summed E-state index contributed by atoms with van der Waals surface area (Å²) in [5, 5.41) is 2.96. The Morgan fingerprint density at radius 1 is 1.59 bits per heavy atom. The Hall–Kier alpha value is -1.78. The smallest absolute Gasteiger partial charge is 0.322 e. The highest BCUT2D eigenvalue weighted by Crippen LogP contribution is 2.20. The number of methoxy groups -OCH3 is 1. The third-order valence-electron chi connectivity index (χ3n) is 2.85. The number of pyridine rings is 1. The molecule has 1 aliphatic heterocycles. The predicted molar refractivity (Wildman–Crippen MR) is 65.4 cm³/mol. The Kier molecular flexibility index (Phi) is 3.46. The molecule has 0 spiro atoms. The molecule has 1 saturated heterocycles. The Morgan fingerprint density at radius 3 is 3.00 bits per heavy atom. The summed E-state index contributed by atoms with van der Waals surface area (Å²) in [6, 6.07) is 3.81. The maximum absolute atomic E-state index is 11.8. The zero-order chi connectivity index (χ0) is 12.3. The van der Waals surface area contributed by atoms with Crippen LogP contribution in [0.25, 0.3) is 0 Å². The van der Waals surface area contributed by atoms with Crippen LogP contribution >= 0.6 is 0 Å². The third-order valence-corrected chi connectivity index (χ3v) is 2.85. The van der Waals surface area contributed by atoms with Gasteiger partial charge >= 0.3 is 6.03 Å². The van der Waals surface area contributed by atoms with Crippen molar-refractivity contribution >= 4 is 11.7 Å². The molecule has 5 nitrogen and oxygen atoms in total. The quantitative estimate of drug-likeness (QED) is 0.865. The van der Waals surface area contributed by atoms with Crippen LogP contribution in [0.5, 0.6) is 5.88 Å². The van der Waals surface area contributed by atoms with Gasteiger partial charge in [0.05, 0.1) is 19.0 Å². The molecule has 1 aliphatic rings. The number of amides is 2. The Bertz CT molecular complexity index is 391. The Labute approximate surface area is 101 Å². The summed E-state index contributed by atoms with van der Waals surface area (Å²) in [7, 11) is 1.57. The largest absolute Gasteiger partial charge is 0.481 e. The zero-order valence-electron chi connectivity index (χ0n) is 10.1. The van der Waals surface area contributed by atoms with E-state index in [0.717, 1.165) is 18.5 Å². The van der Waals surface area contributed by atoms with E-state index >= 15 is 0 Å². The number of hydrogen-bond acceptors (Lipinski definition) is 3. The molecule has 2 amide bonds. The van der Waals surface area contributed by atoms with Gasteiger partial charge < -0.3 is 10.1 Å². The minimum Gasteiger partial charge on any atom is -0.481 e. The highest BCUT2D eigenvalue weighted by Gasteiger charge is 2.29. The Balaban J connectivity index is 2.08. The van der Waals surface area contributed by atoms with Crippen molar-refractivity contribution in [1.82, 2.24) is 10.3 Å². The van der Waals surface area contributed by atoms with Crippen molar-refractivity contribution in [2.75, 3.05) is 18.6 Å². The third kappa shape index (κ3) is 2.49. The number of hydrogen-bond donors (Lipinski definition) is 1. The van der Waals surface area contributed by atoms with Crippen molar-refractivity contribution in [3.05, 3.63) is 18.3 Å². The lowest BCUT2D eigenvalue weighted by Gasteiger charge is -2.14. The fraction of sp³-hybridized carbons (Fsp3) is 0.500. The number of ether oxygens (including phenoxy) is 1. The standard InChI is InChI=1S/C12H17N3O2/c1-3-4-9-8-15(12(16)14-9)10-5-6-11(17-2)13-7-10/h5-7,9H,3-4,8H2,1-2H3,(H,14,16). The van der Waals surface area contributed by atoms with E-state index in [0.29, 0.717) is 12.4 Å². The van der Waals surface area contributed by atoms with Crippen LogP contribution in [0.15, 0.2) is 18.3 Å². The molecule has 0 saturated carbocycles. The molecule has 0 bridgehead atoms. The monoisotopic (exact) mass is 235 g/mol. The van der Waals surface area contributed by atoms with Crippen LogP contribution < -0.4 is 15.0 Å². The van der Waals surface area contributed by atoms with Gasteiger partial charge in [-0.3, -0.25) is 4.90 Å². The first-order valence-corrected chi connectivity index (χ1v) is 5.82. The average Bonchev–Trinajstić information content (AvgIpc) is 2.71. The number of carbonyl (C=O) groups excluding carboxylic acids is 1. The van der Waals surface area contributed by atoms with Gasteiger partial charge in [-0.25, -0.2) is 9.78 Å². The first-order chi connectivity index (χ1) is 8.24. The van der Waals surface area contributed by atoms with E-state index in [9.17, 15) is 4.79 Å². The number of nitrogens with zero attached hydrogens (tertiary/aromatic N) is 2. The molecule has 17 heavy (non-hydrogen) atoms. The summed E-state index contributed by atoms with van der Waals surface area (Å²) >= 11 is 0. The molecule has 5 heteroatoms. The van der Waals surface area contributed by atoms with Crippen LogP contribution in [0.1, 0.15) is 19.8 Å². The van der Waals surface area contributed by atoms with Gasteiger partial charge in [0, 0.05) is 18.7 Å². The predicted octanol–water partition coefficient (Wildman–Crippen LogP) is 1.79. The summed E-state index contributed by atoms with van der Waals surface area (Å²) < 4.78 is 4.99. The van der Waals surface area contributed by atoms with E-state index in [-0.39, 0.29) is 12.1 Å². The van der Waals surface area contributed by atoms with Crippen LogP contribution in [-0.2, 0) is 0 Å². The van der Waals surface area contributed by atoms with Crippen molar-refractivity contribution in [3.63, 3.8) is 0 Å². The van der Waals surface area contributed by atoms with Crippen molar-refractivity contribution in [3.8, 4) is 5.88 Å². The maximum Gasteiger partial charge on any atom is 0.322 e. The molecular weight excluding hydrogens is 218 g/mol. The number of nitrogens with one attached hydrogen (secondary N) is 1. The van der Waals surface area contributed by atoms with E-state index in [1.807, 2.05) is 6.07 Å². The lowest BCUT2D eigenvalue weighted by atomic mass is 10.2. The molecule has 92 valence electrons. The zero-order valence-corrected chi connectivity index (χ0v) is 10.1. The highest BCUT2D eigenvalue weighted by molar-refractivity contribution is 5.94. The molecule has 1 aromatic rings. The number of rotatable bonds is 4. The van der Waals surface area contributed by atoms with E-state index in [4.69, 9.17) is 4.74 Å². The van der Waals surface area contributed by atoms with Gasteiger partial charge in [-0.1, -0.05) is 13.3 Å². The maximum atomic E-state index is 11.8. The molecule has 1 aromatic heterocycles. The average molecular weight is 235 g/mol. The molecule has 1 N–H and O–H groups in total.